The molecule has 1 saturated heterocycles. The van der Waals surface area contributed by atoms with Crippen molar-refractivity contribution < 1.29 is 35.5 Å². The predicted octanol–water partition coefficient (Wildman–Crippen LogP) is 3.91. The Bertz CT molecular complexity index is 1330. The number of benzene rings is 2. The number of nitrogens with one attached hydrogen (secondary N) is 1. The van der Waals surface area contributed by atoms with Crippen LogP contribution >= 0.6 is 0 Å². The lowest BCUT2D eigenvalue weighted by molar-refractivity contribution is -0.141. The van der Waals surface area contributed by atoms with Crippen molar-refractivity contribution in [3.8, 4) is 5.75 Å². The predicted molar refractivity (Wildman–Crippen MR) is 132 cm³/mol. The first-order chi connectivity index (χ1) is 18.1. The van der Waals surface area contributed by atoms with Crippen LogP contribution in [-0.4, -0.2) is 69.2 Å². The average molecular weight is 556 g/mol. The smallest absolute Gasteiger partial charge is 0.433 e. The summed E-state index contributed by atoms with van der Waals surface area (Å²) in [7, 11) is -2.29. The van der Waals surface area contributed by atoms with Crippen LogP contribution in [0.2, 0.25) is 0 Å². The first-order valence-corrected chi connectivity index (χ1v) is 13.0. The fraction of sp³-hybridized carbons (Fsp3) is 0.333. The number of halogens is 4. The molecule has 0 radical (unpaired) electrons. The van der Waals surface area contributed by atoms with Gasteiger partial charge in [0.15, 0.2) is 5.69 Å². The minimum absolute atomic E-state index is 0.0226. The summed E-state index contributed by atoms with van der Waals surface area (Å²) in [5, 5.41) is 2.73. The largest absolute Gasteiger partial charge is 0.491 e. The molecule has 0 aliphatic carbocycles. The summed E-state index contributed by atoms with van der Waals surface area (Å²) < 4.78 is 91.6. The summed E-state index contributed by atoms with van der Waals surface area (Å²) in [5.41, 5.74) is -0.815. The van der Waals surface area contributed by atoms with Gasteiger partial charge in [0.1, 0.15) is 24.0 Å². The number of rotatable bonds is 9. The maximum Gasteiger partial charge on any atom is 0.433 e. The van der Waals surface area contributed by atoms with Gasteiger partial charge in [0.25, 0.3) is 0 Å². The number of sulfonamides is 1. The van der Waals surface area contributed by atoms with Crippen LogP contribution in [0.15, 0.2) is 59.5 Å². The first kappa shape index (κ1) is 27.5. The third kappa shape index (κ3) is 6.68. The molecule has 4 rings (SSSR count). The van der Waals surface area contributed by atoms with Crippen LogP contribution in [0.5, 0.6) is 5.75 Å². The lowest BCUT2D eigenvalue weighted by atomic mass is 10.3. The van der Waals surface area contributed by atoms with E-state index in [0.717, 1.165) is 18.2 Å². The highest BCUT2D eigenvalue weighted by atomic mass is 32.2. The molecule has 0 atom stereocenters. The van der Waals surface area contributed by atoms with Crippen molar-refractivity contribution in [2.45, 2.75) is 11.1 Å². The van der Waals surface area contributed by atoms with Gasteiger partial charge < -0.3 is 19.7 Å². The zero-order valence-corrected chi connectivity index (χ0v) is 21.1. The van der Waals surface area contributed by atoms with Crippen molar-refractivity contribution in [1.82, 2.24) is 14.3 Å². The molecule has 3 aromatic rings. The third-order valence-electron chi connectivity index (χ3n) is 5.66. The number of piperazine rings is 1. The molecule has 9 nitrogen and oxygen atoms in total. The SMILES string of the molecule is COCCOc1ccc(S(=O)(=O)N2CCN(c3nc(Nc4ccc(F)cc4)cc(C(F)(F)F)n3)CC2)cc1. The molecule has 0 unspecified atom stereocenters. The molecule has 2 aromatic carbocycles. The lowest BCUT2D eigenvalue weighted by Gasteiger charge is -2.34. The Kier molecular flexibility index (Phi) is 8.33. The standard InChI is InChI=1S/C24H25F4N5O4S/c1-36-14-15-37-19-6-8-20(9-7-19)38(34,35)33-12-10-32(11-13-33)23-30-21(24(26,27)28)16-22(31-23)29-18-4-2-17(25)3-5-18/h2-9,16H,10-15H2,1H3,(H,29,30,31). The lowest BCUT2D eigenvalue weighted by Crippen LogP contribution is -2.49. The fourth-order valence-electron chi connectivity index (χ4n) is 3.69. The van der Waals surface area contributed by atoms with Crippen molar-refractivity contribution >= 4 is 27.5 Å². The summed E-state index contributed by atoms with van der Waals surface area (Å²) in [6, 6.07) is 11.8. The van der Waals surface area contributed by atoms with E-state index in [2.05, 4.69) is 15.3 Å². The number of anilines is 3. The Balaban J connectivity index is 1.47. The van der Waals surface area contributed by atoms with Gasteiger partial charge in [0.05, 0.1) is 11.5 Å². The van der Waals surface area contributed by atoms with Crippen molar-refractivity contribution in [2.24, 2.45) is 0 Å². The number of hydrogen-bond acceptors (Lipinski definition) is 8. The van der Waals surface area contributed by atoms with E-state index in [-0.39, 0.29) is 42.8 Å². The van der Waals surface area contributed by atoms with Gasteiger partial charge in [0.2, 0.25) is 16.0 Å². The zero-order chi connectivity index (χ0) is 27.3. The van der Waals surface area contributed by atoms with Crippen LogP contribution in [0.25, 0.3) is 0 Å². The van der Waals surface area contributed by atoms with Gasteiger partial charge in [-0.1, -0.05) is 0 Å². The molecule has 0 bridgehead atoms. The first-order valence-electron chi connectivity index (χ1n) is 11.5. The van der Waals surface area contributed by atoms with Crippen LogP contribution in [0.4, 0.5) is 35.0 Å². The van der Waals surface area contributed by atoms with E-state index in [1.54, 1.807) is 19.2 Å². The molecule has 14 heteroatoms. The van der Waals surface area contributed by atoms with Crippen LogP contribution in [0, 0.1) is 5.82 Å². The molecule has 1 fully saturated rings. The number of hydrogen-bond donors (Lipinski definition) is 1. The number of methoxy groups -OCH3 is 1. The van der Waals surface area contributed by atoms with Gasteiger partial charge in [-0.25, -0.2) is 17.8 Å². The van der Waals surface area contributed by atoms with Gasteiger partial charge in [-0.15, -0.1) is 0 Å². The molecule has 38 heavy (non-hydrogen) atoms. The number of alkyl halides is 3. The van der Waals surface area contributed by atoms with Crippen LogP contribution in [0.3, 0.4) is 0 Å². The van der Waals surface area contributed by atoms with Gasteiger partial charge in [-0.2, -0.15) is 22.5 Å². The van der Waals surface area contributed by atoms with Crippen molar-refractivity contribution in [3.05, 3.63) is 66.1 Å². The van der Waals surface area contributed by atoms with E-state index in [0.29, 0.717) is 24.7 Å². The molecular weight excluding hydrogens is 530 g/mol. The van der Waals surface area contributed by atoms with Crippen molar-refractivity contribution in [2.75, 3.05) is 56.7 Å². The molecule has 0 amide bonds. The maximum absolute atomic E-state index is 13.5. The summed E-state index contributed by atoms with van der Waals surface area (Å²) in [6.45, 7) is 0.917. The summed E-state index contributed by atoms with van der Waals surface area (Å²) in [5.74, 6) is -0.317. The Labute approximate surface area is 217 Å². The molecule has 2 heterocycles. The van der Waals surface area contributed by atoms with Gasteiger partial charge >= 0.3 is 6.18 Å². The fourth-order valence-corrected chi connectivity index (χ4v) is 5.12. The topological polar surface area (TPSA) is 96.9 Å². The number of nitrogens with zero attached hydrogens (tertiary/aromatic N) is 4. The normalized spacial score (nSPS) is 14.9. The van der Waals surface area contributed by atoms with Crippen LogP contribution in [-0.2, 0) is 20.9 Å². The molecule has 204 valence electrons. The Hall–Kier alpha value is -3.49. The molecule has 1 aliphatic rings. The second kappa shape index (κ2) is 11.5. The Morgan fingerprint density at radius 1 is 0.947 bits per heavy atom. The second-order valence-electron chi connectivity index (χ2n) is 8.27. The summed E-state index contributed by atoms with van der Waals surface area (Å²) in [6.07, 6.45) is -4.73. The Morgan fingerprint density at radius 3 is 2.21 bits per heavy atom. The van der Waals surface area contributed by atoms with Crippen LogP contribution < -0.4 is 15.0 Å². The zero-order valence-electron chi connectivity index (χ0n) is 20.3. The number of ether oxygens (including phenoxy) is 2. The monoisotopic (exact) mass is 555 g/mol. The van der Waals surface area contributed by atoms with E-state index < -0.39 is 27.7 Å². The van der Waals surface area contributed by atoms with Crippen LogP contribution in [0.1, 0.15) is 5.69 Å². The van der Waals surface area contributed by atoms with E-state index in [9.17, 15) is 26.0 Å². The van der Waals surface area contributed by atoms with Gasteiger partial charge in [-0.3, -0.25) is 0 Å². The quantitative estimate of drug-likeness (QED) is 0.314. The highest BCUT2D eigenvalue weighted by Crippen LogP contribution is 2.31. The van der Waals surface area contributed by atoms with E-state index in [4.69, 9.17) is 9.47 Å². The molecule has 1 aliphatic heterocycles. The van der Waals surface area contributed by atoms with E-state index >= 15 is 0 Å². The van der Waals surface area contributed by atoms with Crippen molar-refractivity contribution in [3.63, 3.8) is 0 Å². The number of aromatic nitrogens is 2. The highest BCUT2D eigenvalue weighted by Gasteiger charge is 2.35. The van der Waals surface area contributed by atoms with Crippen molar-refractivity contribution in [1.29, 1.82) is 0 Å². The minimum atomic E-state index is -4.73. The molecule has 0 spiro atoms. The Morgan fingerprint density at radius 2 is 1.61 bits per heavy atom. The molecule has 1 N–H and O–H groups in total. The molecule has 1 aromatic heterocycles. The summed E-state index contributed by atoms with van der Waals surface area (Å²) in [4.78, 5) is 9.43. The molecular formula is C24H25F4N5O4S. The summed E-state index contributed by atoms with van der Waals surface area (Å²) >= 11 is 0. The average Bonchev–Trinajstić information content (AvgIpc) is 2.90. The van der Waals surface area contributed by atoms with E-state index in [1.165, 1.54) is 33.5 Å². The van der Waals surface area contributed by atoms with E-state index in [1.807, 2.05) is 0 Å². The highest BCUT2D eigenvalue weighted by molar-refractivity contribution is 7.89. The van der Waals surface area contributed by atoms with Gasteiger partial charge in [-0.05, 0) is 48.5 Å². The minimum Gasteiger partial charge on any atom is -0.491 e. The second-order valence-corrected chi connectivity index (χ2v) is 10.2. The maximum atomic E-state index is 13.5. The third-order valence-corrected chi connectivity index (χ3v) is 7.57. The van der Waals surface area contributed by atoms with Gasteiger partial charge in [0, 0.05) is 45.0 Å². The molecule has 0 saturated carbocycles.